The van der Waals surface area contributed by atoms with Gasteiger partial charge in [0.05, 0.1) is 11.6 Å². The van der Waals surface area contributed by atoms with Crippen LogP contribution in [-0.4, -0.2) is 34.2 Å². The number of aryl methyl sites for hydroxylation is 1. The number of β-amino-alcohol motifs (C(OH)–C–C–N with tert-alkyl or cyclic N) is 1. The number of rotatable bonds is 3. The van der Waals surface area contributed by atoms with Gasteiger partial charge in [-0.05, 0) is 60.8 Å². The fourth-order valence-electron chi connectivity index (χ4n) is 4.00. The maximum Gasteiger partial charge on any atom is 0.123 e. The summed E-state index contributed by atoms with van der Waals surface area (Å²) in [4.78, 5) is 6.76. The summed E-state index contributed by atoms with van der Waals surface area (Å²) >= 11 is 0. The lowest BCUT2D eigenvalue weighted by Crippen LogP contribution is -2.42. The molecule has 26 heavy (non-hydrogen) atoms. The SMILES string of the molecule is Cc1ccc2ncccc2c1CN1CC[C@@H](c2ccc(F)cc2)[C@H](O)C1. The van der Waals surface area contributed by atoms with E-state index in [9.17, 15) is 9.50 Å². The minimum atomic E-state index is -0.442. The molecule has 0 aliphatic carbocycles. The summed E-state index contributed by atoms with van der Waals surface area (Å²) in [5.41, 5.74) is 4.56. The van der Waals surface area contributed by atoms with Crippen LogP contribution in [0.25, 0.3) is 10.9 Å². The molecule has 1 aliphatic heterocycles. The van der Waals surface area contributed by atoms with Crippen molar-refractivity contribution in [2.24, 2.45) is 0 Å². The summed E-state index contributed by atoms with van der Waals surface area (Å²) in [5, 5.41) is 11.9. The number of benzene rings is 2. The first-order chi connectivity index (χ1) is 12.6. The molecule has 1 aliphatic rings. The Hall–Kier alpha value is -2.30. The summed E-state index contributed by atoms with van der Waals surface area (Å²) in [7, 11) is 0. The molecule has 1 N–H and O–H groups in total. The van der Waals surface area contributed by atoms with Gasteiger partial charge in [-0.25, -0.2) is 4.39 Å². The van der Waals surface area contributed by atoms with Crippen LogP contribution in [0.15, 0.2) is 54.7 Å². The molecule has 2 aromatic carbocycles. The quantitative estimate of drug-likeness (QED) is 0.775. The first-order valence-electron chi connectivity index (χ1n) is 9.11. The Bertz CT molecular complexity index is 910. The minimum Gasteiger partial charge on any atom is -0.391 e. The maximum absolute atomic E-state index is 13.1. The zero-order valence-corrected chi connectivity index (χ0v) is 14.9. The summed E-state index contributed by atoms with van der Waals surface area (Å²) < 4.78 is 13.1. The number of halogens is 1. The predicted octanol–water partition coefficient (Wildman–Crippen LogP) is 4.03. The standard InChI is InChI=1S/C22H23FN2O/c1-15-4-9-21-19(3-2-11-24-21)20(15)13-25-12-10-18(22(26)14-25)16-5-7-17(23)8-6-16/h2-9,11,18,22,26H,10,12-14H2,1H3/t18-,22+/m0/s1. The molecule has 0 unspecified atom stereocenters. The van der Waals surface area contributed by atoms with E-state index < -0.39 is 6.10 Å². The van der Waals surface area contributed by atoms with Crippen molar-refractivity contribution in [1.82, 2.24) is 9.88 Å². The predicted molar refractivity (Wildman–Crippen MR) is 102 cm³/mol. The molecule has 134 valence electrons. The maximum atomic E-state index is 13.1. The number of aromatic nitrogens is 1. The van der Waals surface area contributed by atoms with E-state index in [-0.39, 0.29) is 11.7 Å². The Balaban J connectivity index is 1.52. The van der Waals surface area contributed by atoms with E-state index in [0.29, 0.717) is 6.54 Å². The molecule has 1 saturated heterocycles. The van der Waals surface area contributed by atoms with Crippen molar-refractivity contribution in [3.05, 3.63) is 77.2 Å². The third-order valence-electron chi connectivity index (χ3n) is 5.48. The highest BCUT2D eigenvalue weighted by atomic mass is 19.1. The fourth-order valence-corrected chi connectivity index (χ4v) is 4.00. The second-order valence-corrected chi connectivity index (χ2v) is 7.18. The molecule has 1 fully saturated rings. The molecule has 0 radical (unpaired) electrons. The average molecular weight is 350 g/mol. The monoisotopic (exact) mass is 350 g/mol. The third-order valence-corrected chi connectivity index (χ3v) is 5.48. The van der Waals surface area contributed by atoms with Gasteiger partial charge in [-0.3, -0.25) is 9.88 Å². The number of fused-ring (bicyclic) bond motifs is 1. The van der Waals surface area contributed by atoms with Crippen LogP contribution in [0.3, 0.4) is 0 Å². The van der Waals surface area contributed by atoms with E-state index >= 15 is 0 Å². The van der Waals surface area contributed by atoms with Crippen molar-refractivity contribution in [1.29, 1.82) is 0 Å². The Morgan fingerprint density at radius 1 is 1.15 bits per heavy atom. The summed E-state index contributed by atoms with van der Waals surface area (Å²) in [6.45, 7) is 4.47. The van der Waals surface area contributed by atoms with Gasteiger partial charge in [0.2, 0.25) is 0 Å². The van der Waals surface area contributed by atoms with Gasteiger partial charge in [0.1, 0.15) is 5.82 Å². The molecule has 3 aromatic rings. The molecule has 0 spiro atoms. The molecule has 0 saturated carbocycles. The zero-order chi connectivity index (χ0) is 18.1. The summed E-state index contributed by atoms with van der Waals surface area (Å²) in [5.74, 6) is -0.164. The fraction of sp³-hybridized carbons (Fsp3) is 0.318. The largest absolute Gasteiger partial charge is 0.391 e. The van der Waals surface area contributed by atoms with E-state index in [1.807, 2.05) is 12.3 Å². The van der Waals surface area contributed by atoms with Gasteiger partial charge in [-0.1, -0.05) is 24.3 Å². The number of hydrogen-bond donors (Lipinski definition) is 1. The van der Waals surface area contributed by atoms with Crippen molar-refractivity contribution >= 4 is 10.9 Å². The van der Waals surface area contributed by atoms with E-state index in [1.54, 1.807) is 12.1 Å². The highest BCUT2D eigenvalue weighted by molar-refractivity contribution is 5.83. The Labute approximate surface area is 153 Å². The molecule has 0 amide bonds. The molecular formula is C22H23FN2O. The van der Waals surface area contributed by atoms with Gasteiger partial charge in [-0.15, -0.1) is 0 Å². The van der Waals surface area contributed by atoms with Crippen molar-refractivity contribution < 1.29 is 9.50 Å². The van der Waals surface area contributed by atoms with E-state index in [1.165, 1.54) is 28.6 Å². The minimum absolute atomic E-state index is 0.0714. The summed E-state index contributed by atoms with van der Waals surface area (Å²) in [6.07, 6.45) is 2.25. The second kappa shape index (κ2) is 7.14. The van der Waals surface area contributed by atoms with Gasteiger partial charge >= 0.3 is 0 Å². The topological polar surface area (TPSA) is 36.4 Å². The second-order valence-electron chi connectivity index (χ2n) is 7.18. The first kappa shape index (κ1) is 17.1. The van der Waals surface area contributed by atoms with Crippen LogP contribution in [-0.2, 0) is 6.54 Å². The van der Waals surface area contributed by atoms with Gasteiger partial charge in [0.25, 0.3) is 0 Å². The number of piperidine rings is 1. The van der Waals surface area contributed by atoms with Gasteiger partial charge in [0, 0.05) is 30.6 Å². The lowest BCUT2D eigenvalue weighted by molar-refractivity contribution is 0.0477. The van der Waals surface area contributed by atoms with Crippen LogP contribution in [0.2, 0.25) is 0 Å². The average Bonchev–Trinajstić information content (AvgIpc) is 2.65. The Morgan fingerprint density at radius 2 is 1.96 bits per heavy atom. The van der Waals surface area contributed by atoms with Crippen molar-refractivity contribution in [2.75, 3.05) is 13.1 Å². The van der Waals surface area contributed by atoms with Gasteiger partial charge < -0.3 is 5.11 Å². The van der Waals surface area contributed by atoms with Crippen LogP contribution in [0.4, 0.5) is 4.39 Å². The molecule has 4 rings (SSSR count). The number of likely N-dealkylation sites (tertiary alicyclic amines) is 1. The van der Waals surface area contributed by atoms with E-state index in [0.717, 1.165) is 30.6 Å². The first-order valence-corrected chi connectivity index (χ1v) is 9.11. The zero-order valence-electron chi connectivity index (χ0n) is 14.9. The van der Waals surface area contributed by atoms with Crippen LogP contribution in [0.1, 0.15) is 29.0 Å². The lowest BCUT2D eigenvalue weighted by atomic mass is 9.87. The number of nitrogens with zero attached hydrogens (tertiary/aromatic N) is 2. The van der Waals surface area contributed by atoms with Crippen LogP contribution in [0.5, 0.6) is 0 Å². The summed E-state index contributed by atoms with van der Waals surface area (Å²) in [6, 6.07) is 14.8. The van der Waals surface area contributed by atoms with Crippen LogP contribution < -0.4 is 0 Å². The lowest BCUT2D eigenvalue weighted by Gasteiger charge is -2.36. The molecule has 3 nitrogen and oxygen atoms in total. The van der Waals surface area contributed by atoms with E-state index in [4.69, 9.17) is 0 Å². The molecule has 2 heterocycles. The molecule has 0 bridgehead atoms. The smallest absolute Gasteiger partial charge is 0.123 e. The number of aliphatic hydroxyl groups excluding tert-OH is 1. The van der Waals surface area contributed by atoms with Crippen molar-refractivity contribution in [3.63, 3.8) is 0 Å². The number of hydrogen-bond acceptors (Lipinski definition) is 3. The Morgan fingerprint density at radius 3 is 2.73 bits per heavy atom. The van der Waals surface area contributed by atoms with E-state index in [2.05, 4.69) is 35.0 Å². The molecule has 1 aromatic heterocycles. The van der Waals surface area contributed by atoms with Crippen molar-refractivity contribution in [3.8, 4) is 0 Å². The highest BCUT2D eigenvalue weighted by Crippen LogP contribution is 2.30. The molecule has 2 atom stereocenters. The highest BCUT2D eigenvalue weighted by Gasteiger charge is 2.29. The van der Waals surface area contributed by atoms with Gasteiger partial charge in [-0.2, -0.15) is 0 Å². The van der Waals surface area contributed by atoms with Gasteiger partial charge in [0.15, 0.2) is 0 Å². The molecular weight excluding hydrogens is 327 g/mol. The van der Waals surface area contributed by atoms with Crippen molar-refractivity contribution in [2.45, 2.75) is 31.9 Å². The number of aliphatic hydroxyl groups is 1. The van der Waals surface area contributed by atoms with Crippen LogP contribution >= 0.6 is 0 Å². The Kier molecular flexibility index (Phi) is 4.70. The van der Waals surface area contributed by atoms with Crippen LogP contribution in [0, 0.1) is 12.7 Å². The normalized spacial score (nSPS) is 21.2. The third kappa shape index (κ3) is 3.35. The molecule has 4 heteroatoms. The number of pyridine rings is 1.